The van der Waals surface area contributed by atoms with Gasteiger partial charge in [-0.05, 0) is 18.6 Å². The van der Waals surface area contributed by atoms with E-state index in [1.54, 1.807) is 23.1 Å². The Morgan fingerprint density at radius 3 is 3.06 bits per heavy atom. The highest BCUT2D eigenvalue weighted by molar-refractivity contribution is 5.84. The number of hydrogen-bond acceptors (Lipinski definition) is 4. The van der Waals surface area contributed by atoms with Gasteiger partial charge in [-0.2, -0.15) is 5.10 Å². The van der Waals surface area contributed by atoms with Crippen molar-refractivity contribution in [2.75, 3.05) is 0 Å². The van der Waals surface area contributed by atoms with Gasteiger partial charge in [-0.25, -0.2) is 4.79 Å². The summed E-state index contributed by atoms with van der Waals surface area (Å²) in [5.74, 6) is -0.0698. The summed E-state index contributed by atoms with van der Waals surface area (Å²) in [5.41, 5.74) is 0. The molecule has 2 rings (SSSR count). The van der Waals surface area contributed by atoms with Crippen molar-refractivity contribution in [3.8, 4) is 5.75 Å². The Balaban J connectivity index is 1.91. The van der Waals surface area contributed by atoms with Crippen LogP contribution in [0.1, 0.15) is 29.7 Å². The van der Waals surface area contributed by atoms with Crippen LogP contribution in [-0.4, -0.2) is 20.9 Å². The lowest BCUT2D eigenvalue weighted by Gasteiger charge is -1.99. The van der Waals surface area contributed by atoms with Gasteiger partial charge >= 0.3 is 5.97 Å². The second kappa shape index (κ2) is 5.39. The van der Waals surface area contributed by atoms with Gasteiger partial charge in [0.1, 0.15) is 12.4 Å². The van der Waals surface area contributed by atoms with E-state index < -0.39 is 5.97 Å². The van der Waals surface area contributed by atoms with Crippen LogP contribution >= 0.6 is 0 Å². The lowest BCUT2D eigenvalue weighted by Crippen LogP contribution is -1.96. The van der Waals surface area contributed by atoms with Crippen molar-refractivity contribution in [3.63, 3.8) is 0 Å². The van der Waals surface area contributed by atoms with E-state index in [-0.39, 0.29) is 12.4 Å². The van der Waals surface area contributed by atoms with Gasteiger partial charge in [-0.3, -0.25) is 4.68 Å². The van der Waals surface area contributed by atoms with E-state index in [9.17, 15) is 4.79 Å². The first kappa shape index (κ1) is 12.2. The maximum absolute atomic E-state index is 10.6. The van der Waals surface area contributed by atoms with Gasteiger partial charge < -0.3 is 14.3 Å². The van der Waals surface area contributed by atoms with Gasteiger partial charge in [-0.15, -0.1) is 0 Å². The number of carboxylic acid groups (broad SMARTS) is 1. The van der Waals surface area contributed by atoms with Crippen LogP contribution in [0.2, 0.25) is 0 Å². The topological polar surface area (TPSA) is 77.5 Å². The fraction of sp³-hybridized carbons (Fsp3) is 0.333. The predicted octanol–water partition coefficient (Wildman–Crippen LogP) is 2.16. The Bertz CT molecular complexity index is 530. The quantitative estimate of drug-likeness (QED) is 0.850. The number of nitrogens with zero attached hydrogens (tertiary/aromatic N) is 2. The first-order chi connectivity index (χ1) is 8.69. The van der Waals surface area contributed by atoms with Crippen LogP contribution in [0.15, 0.2) is 28.9 Å². The molecule has 2 heterocycles. The third-order valence-electron chi connectivity index (χ3n) is 2.32. The Morgan fingerprint density at radius 2 is 2.39 bits per heavy atom. The summed E-state index contributed by atoms with van der Waals surface area (Å²) in [7, 11) is 0. The zero-order valence-corrected chi connectivity index (χ0v) is 10.00. The van der Waals surface area contributed by atoms with E-state index in [1.807, 2.05) is 0 Å². The molecule has 0 spiro atoms. The van der Waals surface area contributed by atoms with E-state index in [4.69, 9.17) is 14.3 Å². The van der Waals surface area contributed by atoms with E-state index in [0.29, 0.717) is 11.5 Å². The zero-order chi connectivity index (χ0) is 13.0. The normalized spacial score (nSPS) is 10.5. The van der Waals surface area contributed by atoms with Gasteiger partial charge in [0.05, 0.1) is 12.4 Å². The summed E-state index contributed by atoms with van der Waals surface area (Å²) < 4.78 is 12.3. The van der Waals surface area contributed by atoms with E-state index >= 15 is 0 Å². The highest BCUT2D eigenvalue weighted by Gasteiger charge is 2.09. The van der Waals surface area contributed by atoms with E-state index in [0.717, 1.165) is 13.0 Å². The first-order valence-corrected chi connectivity index (χ1v) is 5.66. The number of hydrogen-bond donors (Lipinski definition) is 1. The Hall–Kier alpha value is -2.24. The standard InChI is InChI=1S/C12H14N2O4/c1-2-5-14-7-10(6-13-14)17-8-9-3-4-11(18-9)12(15)16/h3-4,6-7H,2,5,8H2,1H3,(H,15,16). The van der Waals surface area contributed by atoms with Crippen LogP contribution in [-0.2, 0) is 13.2 Å². The molecule has 0 unspecified atom stereocenters. The van der Waals surface area contributed by atoms with Crippen LogP contribution in [0.3, 0.4) is 0 Å². The molecule has 0 radical (unpaired) electrons. The smallest absolute Gasteiger partial charge is 0.371 e. The molecule has 0 aliphatic carbocycles. The molecule has 6 nitrogen and oxygen atoms in total. The minimum atomic E-state index is -1.09. The van der Waals surface area contributed by atoms with Crippen molar-refractivity contribution < 1.29 is 19.1 Å². The van der Waals surface area contributed by atoms with Gasteiger partial charge in [0.15, 0.2) is 5.75 Å². The maximum atomic E-state index is 10.6. The molecule has 0 amide bonds. The number of carbonyl (C=O) groups is 1. The lowest BCUT2D eigenvalue weighted by atomic mass is 10.4. The molecular formula is C12H14N2O4. The number of aryl methyl sites for hydroxylation is 1. The van der Waals surface area contributed by atoms with Gasteiger partial charge in [0.2, 0.25) is 5.76 Å². The molecule has 0 aliphatic rings. The van der Waals surface area contributed by atoms with Crippen molar-refractivity contribution in [1.82, 2.24) is 9.78 Å². The summed E-state index contributed by atoms with van der Waals surface area (Å²) in [6.07, 6.45) is 4.42. The Kier molecular flexibility index (Phi) is 3.66. The molecule has 2 aromatic heterocycles. The molecule has 0 atom stereocenters. The second-order valence-corrected chi connectivity index (χ2v) is 3.80. The average Bonchev–Trinajstić information content (AvgIpc) is 2.95. The highest BCUT2D eigenvalue weighted by atomic mass is 16.5. The molecule has 0 saturated heterocycles. The molecule has 2 aromatic rings. The fourth-order valence-corrected chi connectivity index (χ4v) is 1.50. The van der Waals surface area contributed by atoms with Gasteiger partial charge in [-0.1, -0.05) is 6.92 Å². The molecule has 0 aromatic carbocycles. The number of aromatic nitrogens is 2. The Labute approximate surface area is 104 Å². The Morgan fingerprint density at radius 1 is 1.56 bits per heavy atom. The minimum Gasteiger partial charge on any atom is -0.482 e. The summed E-state index contributed by atoms with van der Waals surface area (Å²) in [6.45, 7) is 3.09. The molecule has 0 saturated carbocycles. The summed E-state index contributed by atoms with van der Waals surface area (Å²) in [4.78, 5) is 10.6. The molecule has 18 heavy (non-hydrogen) atoms. The van der Waals surface area contributed by atoms with Crippen molar-refractivity contribution >= 4 is 5.97 Å². The number of furan rings is 1. The number of aromatic carboxylic acids is 1. The van der Waals surface area contributed by atoms with E-state index in [2.05, 4.69) is 12.0 Å². The summed E-state index contributed by atoms with van der Waals surface area (Å²) in [6, 6.07) is 2.99. The monoisotopic (exact) mass is 250 g/mol. The van der Waals surface area contributed by atoms with Crippen molar-refractivity contribution in [1.29, 1.82) is 0 Å². The highest BCUT2D eigenvalue weighted by Crippen LogP contribution is 2.13. The third-order valence-corrected chi connectivity index (χ3v) is 2.32. The molecule has 0 bridgehead atoms. The largest absolute Gasteiger partial charge is 0.482 e. The first-order valence-electron chi connectivity index (χ1n) is 5.66. The molecule has 1 N–H and O–H groups in total. The predicted molar refractivity (Wildman–Crippen MR) is 62.5 cm³/mol. The SMILES string of the molecule is CCCn1cc(OCc2ccc(C(=O)O)o2)cn1. The summed E-state index contributed by atoms with van der Waals surface area (Å²) >= 11 is 0. The molecule has 0 aliphatic heterocycles. The van der Waals surface area contributed by atoms with Gasteiger partial charge in [0.25, 0.3) is 0 Å². The van der Waals surface area contributed by atoms with Crippen molar-refractivity contribution in [2.24, 2.45) is 0 Å². The maximum Gasteiger partial charge on any atom is 0.371 e. The number of rotatable bonds is 6. The van der Waals surface area contributed by atoms with Crippen LogP contribution in [0.25, 0.3) is 0 Å². The summed E-state index contributed by atoms with van der Waals surface area (Å²) in [5, 5.41) is 12.8. The van der Waals surface area contributed by atoms with Crippen LogP contribution < -0.4 is 4.74 Å². The minimum absolute atomic E-state index is 0.0877. The van der Waals surface area contributed by atoms with Crippen molar-refractivity contribution in [2.45, 2.75) is 26.5 Å². The average molecular weight is 250 g/mol. The third kappa shape index (κ3) is 2.91. The number of carboxylic acids is 1. The van der Waals surface area contributed by atoms with Crippen LogP contribution in [0.5, 0.6) is 5.75 Å². The number of ether oxygens (including phenoxy) is 1. The zero-order valence-electron chi connectivity index (χ0n) is 10.00. The molecule has 0 fully saturated rings. The molecule has 6 heteroatoms. The second-order valence-electron chi connectivity index (χ2n) is 3.80. The lowest BCUT2D eigenvalue weighted by molar-refractivity contribution is 0.0658. The molecular weight excluding hydrogens is 236 g/mol. The fourth-order valence-electron chi connectivity index (χ4n) is 1.50. The van der Waals surface area contributed by atoms with E-state index in [1.165, 1.54) is 6.07 Å². The van der Waals surface area contributed by atoms with Crippen LogP contribution in [0, 0.1) is 0 Å². The molecule has 96 valence electrons. The van der Waals surface area contributed by atoms with Crippen molar-refractivity contribution in [3.05, 3.63) is 36.0 Å². The van der Waals surface area contributed by atoms with Gasteiger partial charge in [0, 0.05) is 6.54 Å². The van der Waals surface area contributed by atoms with Crippen LogP contribution in [0.4, 0.5) is 0 Å².